The molecular weight excluding hydrogens is 436 g/mol. The van der Waals surface area contributed by atoms with Crippen molar-refractivity contribution in [1.82, 2.24) is 10.2 Å². The molecule has 1 saturated heterocycles. The van der Waals surface area contributed by atoms with Gasteiger partial charge in [0, 0.05) is 31.2 Å². The number of nitrogens with zero attached hydrogens (tertiary/aromatic N) is 1. The summed E-state index contributed by atoms with van der Waals surface area (Å²) in [6, 6.07) is 15.8. The third-order valence-corrected chi connectivity index (χ3v) is 6.78. The summed E-state index contributed by atoms with van der Waals surface area (Å²) in [7, 11) is 0. The maximum Gasteiger partial charge on any atom is 0.407 e. The number of alkyl carbamates (subject to hydrolysis) is 1. The first-order valence-electron chi connectivity index (χ1n) is 11.5. The summed E-state index contributed by atoms with van der Waals surface area (Å²) in [5.74, 6) is -1.25. The van der Waals surface area contributed by atoms with Crippen LogP contribution in [0.15, 0.2) is 60.2 Å². The van der Waals surface area contributed by atoms with Crippen LogP contribution in [-0.4, -0.2) is 66.4 Å². The molecule has 0 saturated carbocycles. The van der Waals surface area contributed by atoms with Gasteiger partial charge in [0.15, 0.2) is 6.10 Å². The first kappa shape index (κ1) is 22.2. The van der Waals surface area contributed by atoms with Crippen LogP contribution in [0.3, 0.4) is 0 Å². The lowest BCUT2D eigenvalue weighted by Crippen LogP contribution is -2.50. The molecule has 176 valence electrons. The fourth-order valence-electron chi connectivity index (χ4n) is 5.02. The van der Waals surface area contributed by atoms with Gasteiger partial charge in [-0.15, -0.1) is 0 Å². The average Bonchev–Trinajstić information content (AvgIpc) is 3.45. The molecule has 2 aromatic carbocycles. The Kier molecular flexibility index (Phi) is 6.06. The average molecular weight is 463 g/mol. The number of ether oxygens (including phenoxy) is 2. The number of aliphatic carboxylic acids is 1. The van der Waals surface area contributed by atoms with Gasteiger partial charge in [0.05, 0.1) is 6.04 Å². The number of carboxylic acid groups (broad SMARTS) is 1. The molecule has 2 N–H and O–H groups in total. The van der Waals surface area contributed by atoms with Crippen molar-refractivity contribution in [2.45, 2.75) is 30.9 Å². The topological polar surface area (TPSA) is 105 Å². The molecule has 0 aromatic heterocycles. The predicted octanol–water partition coefficient (Wildman–Crippen LogP) is 2.93. The number of fused-ring (bicyclic) bond motifs is 3. The van der Waals surface area contributed by atoms with E-state index < -0.39 is 24.2 Å². The molecule has 1 aliphatic carbocycles. The minimum Gasteiger partial charge on any atom is -0.478 e. The summed E-state index contributed by atoms with van der Waals surface area (Å²) in [4.78, 5) is 38.3. The van der Waals surface area contributed by atoms with E-state index in [0.29, 0.717) is 25.1 Å². The second-order valence-electron chi connectivity index (χ2n) is 8.73. The van der Waals surface area contributed by atoms with Crippen LogP contribution in [0, 0.1) is 0 Å². The second-order valence-corrected chi connectivity index (χ2v) is 8.73. The van der Waals surface area contributed by atoms with E-state index in [2.05, 4.69) is 29.6 Å². The van der Waals surface area contributed by atoms with E-state index in [1.807, 2.05) is 24.3 Å². The van der Waals surface area contributed by atoms with Crippen molar-refractivity contribution in [3.63, 3.8) is 0 Å². The van der Waals surface area contributed by atoms with Crippen molar-refractivity contribution in [2.24, 2.45) is 0 Å². The van der Waals surface area contributed by atoms with E-state index in [-0.39, 0.29) is 31.4 Å². The van der Waals surface area contributed by atoms with Gasteiger partial charge in [-0.25, -0.2) is 9.59 Å². The third-order valence-electron chi connectivity index (χ3n) is 6.78. The van der Waals surface area contributed by atoms with Crippen molar-refractivity contribution >= 4 is 18.0 Å². The molecule has 8 nitrogen and oxygen atoms in total. The van der Waals surface area contributed by atoms with E-state index in [0.717, 1.165) is 22.3 Å². The van der Waals surface area contributed by atoms with E-state index >= 15 is 0 Å². The van der Waals surface area contributed by atoms with Gasteiger partial charge in [-0.1, -0.05) is 54.6 Å². The highest BCUT2D eigenvalue weighted by atomic mass is 16.6. The molecule has 5 rings (SSSR count). The maximum atomic E-state index is 12.9. The van der Waals surface area contributed by atoms with E-state index in [1.165, 1.54) is 0 Å². The normalized spacial score (nSPS) is 21.4. The van der Waals surface area contributed by atoms with Gasteiger partial charge in [0.1, 0.15) is 6.61 Å². The van der Waals surface area contributed by atoms with Crippen molar-refractivity contribution in [3.8, 4) is 11.1 Å². The Balaban J connectivity index is 1.20. The van der Waals surface area contributed by atoms with Crippen molar-refractivity contribution in [2.75, 3.05) is 26.3 Å². The number of benzene rings is 2. The summed E-state index contributed by atoms with van der Waals surface area (Å²) in [5.41, 5.74) is 4.89. The van der Waals surface area contributed by atoms with Gasteiger partial charge in [-0.05, 0) is 35.1 Å². The zero-order valence-electron chi connectivity index (χ0n) is 18.6. The molecule has 1 fully saturated rings. The van der Waals surface area contributed by atoms with Gasteiger partial charge < -0.3 is 24.8 Å². The summed E-state index contributed by atoms with van der Waals surface area (Å²) in [6.07, 6.45) is 0.956. The Morgan fingerprint density at radius 2 is 1.74 bits per heavy atom. The number of rotatable bonds is 5. The zero-order chi connectivity index (χ0) is 23.7. The second kappa shape index (κ2) is 9.30. The molecule has 3 aliphatic rings. The molecule has 2 aliphatic heterocycles. The molecule has 2 atom stereocenters. The number of hydrogen-bond donors (Lipinski definition) is 2. The number of amides is 2. The van der Waals surface area contributed by atoms with Crippen LogP contribution >= 0.6 is 0 Å². The summed E-state index contributed by atoms with van der Waals surface area (Å²) in [5, 5.41) is 11.9. The smallest absolute Gasteiger partial charge is 0.407 e. The lowest BCUT2D eigenvalue weighted by Gasteiger charge is -2.29. The molecule has 2 unspecified atom stereocenters. The zero-order valence-corrected chi connectivity index (χ0v) is 18.6. The Morgan fingerprint density at radius 3 is 2.35 bits per heavy atom. The first-order valence-corrected chi connectivity index (χ1v) is 11.5. The van der Waals surface area contributed by atoms with Crippen molar-refractivity contribution in [1.29, 1.82) is 0 Å². The van der Waals surface area contributed by atoms with Gasteiger partial charge >= 0.3 is 12.1 Å². The highest BCUT2D eigenvalue weighted by Crippen LogP contribution is 2.44. The van der Waals surface area contributed by atoms with Crippen LogP contribution in [0.4, 0.5) is 4.79 Å². The highest BCUT2D eigenvalue weighted by Gasteiger charge is 2.39. The number of nitrogens with one attached hydrogen (secondary N) is 1. The summed E-state index contributed by atoms with van der Waals surface area (Å²) in [6.45, 7) is 1.09. The lowest BCUT2D eigenvalue weighted by atomic mass is 9.98. The van der Waals surface area contributed by atoms with Crippen LogP contribution in [-0.2, 0) is 19.1 Å². The van der Waals surface area contributed by atoms with Crippen LogP contribution in [0.5, 0.6) is 0 Å². The standard InChI is InChI=1S/C26H26N2O6/c29-24(28-12-9-16(10-13-28)25(30)31)23-22(11-14-33-23)27-26(32)34-15-21-19-7-3-1-5-17(19)18-6-2-4-8-20(18)21/h1-9,21-23H,10-15H2,(H,27,32)(H,30,31). The minimum atomic E-state index is -0.959. The van der Waals surface area contributed by atoms with Crippen LogP contribution in [0.2, 0.25) is 0 Å². The van der Waals surface area contributed by atoms with Crippen molar-refractivity contribution < 1.29 is 29.0 Å². The van der Waals surface area contributed by atoms with Gasteiger partial charge in [-0.3, -0.25) is 4.79 Å². The summed E-state index contributed by atoms with van der Waals surface area (Å²) < 4.78 is 11.2. The quantitative estimate of drug-likeness (QED) is 0.708. The third kappa shape index (κ3) is 4.17. The number of hydrogen-bond acceptors (Lipinski definition) is 5. The fraction of sp³-hybridized carbons (Fsp3) is 0.346. The lowest BCUT2D eigenvalue weighted by molar-refractivity contribution is -0.142. The first-order chi connectivity index (χ1) is 16.5. The molecule has 8 heteroatoms. The van der Waals surface area contributed by atoms with E-state index in [9.17, 15) is 14.4 Å². The molecular formula is C26H26N2O6. The molecule has 0 spiro atoms. The highest BCUT2D eigenvalue weighted by molar-refractivity contribution is 5.88. The number of carboxylic acids is 1. The van der Waals surface area contributed by atoms with Gasteiger partial charge in [0.25, 0.3) is 5.91 Å². The van der Waals surface area contributed by atoms with Crippen molar-refractivity contribution in [3.05, 3.63) is 71.3 Å². The van der Waals surface area contributed by atoms with Gasteiger partial charge in [0.2, 0.25) is 0 Å². The predicted molar refractivity (Wildman–Crippen MR) is 123 cm³/mol. The Morgan fingerprint density at radius 1 is 1.06 bits per heavy atom. The van der Waals surface area contributed by atoms with E-state index in [4.69, 9.17) is 14.6 Å². The minimum absolute atomic E-state index is 0.0426. The molecule has 34 heavy (non-hydrogen) atoms. The Labute approximate surface area is 197 Å². The van der Waals surface area contributed by atoms with Crippen LogP contribution in [0.25, 0.3) is 11.1 Å². The Bertz CT molecular complexity index is 1110. The Hall–Kier alpha value is -3.65. The van der Waals surface area contributed by atoms with E-state index in [1.54, 1.807) is 11.0 Å². The summed E-state index contributed by atoms with van der Waals surface area (Å²) >= 11 is 0. The number of carbonyl (C=O) groups excluding carboxylic acids is 2. The molecule has 2 amide bonds. The molecule has 2 aromatic rings. The monoisotopic (exact) mass is 462 g/mol. The van der Waals surface area contributed by atoms with Crippen LogP contribution < -0.4 is 5.32 Å². The van der Waals surface area contributed by atoms with Crippen LogP contribution in [0.1, 0.15) is 29.9 Å². The molecule has 2 heterocycles. The largest absolute Gasteiger partial charge is 0.478 e. The maximum absolute atomic E-state index is 12.9. The SMILES string of the molecule is O=C(NC1CCOC1C(=O)N1CC=C(C(=O)O)CC1)OCC1c2ccccc2-c2ccccc21. The fourth-order valence-corrected chi connectivity index (χ4v) is 5.02. The molecule has 0 bridgehead atoms. The van der Waals surface area contributed by atoms with Gasteiger partial charge in [-0.2, -0.15) is 0 Å². The molecule has 0 radical (unpaired) electrons. The number of carbonyl (C=O) groups is 3.